The van der Waals surface area contributed by atoms with Crippen LogP contribution >= 0.6 is 11.8 Å². The summed E-state index contributed by atoms with van der Waals surface area (Å²) in [6, 6.07) is -0.597. The lowest BCUT2D eigenvalue weighted by atomic mass is 10.4. The number of tetrazole rings is 1. The average molecular weight is 259 g/mol. The van der Waals surface area contributed by atoms with Gasteiger partial charge in [-0.3, -0.25) is 4.79 Å². The number of carbonyl (C=O) groups is 1. The van der Waals surface area contributed by atoms with Crippen molar-refractivity contribution in [2.24, 2.45) is 5.73 Å². The first-order valence-corrected chi connectivity index (χ1v) is 6.50. The Labute approximate surface area is 104 Å². The molecule has 0 amide bonds. The van der Waals surface area contributed by atoms with E-state index in [9.17, 15) is 4.79 Å². The van der Waals surface area contributed by atoms with Crippen LogP contribution in [0.2, 0.25) is 0 Å². The number of nitrogens with zero attached hydrogens (tertiary/aromatic N) is 4. The molecule has 0 aliphatic rings. The van der Waals surface area contributed by atoms with Crippen molar-refractivity contribution in [1.82, 2.24) is 20.2 Å². The summed E-state index contributed by atoms with van der Waals surface area (Å²) in [4.78, 5) is 11.1. The molecule has 17 heavy (non-hydrogen) atoms. The number of methoxy groups -OCH3 is 1. The predicted molar refractivity (Wildman–Crippen MR) is 64.3 cm³/mol. The maximum Gasteiger partial charge on any atom is 0.323 e. The maximum absolute atomic E-state index is 11.1. The van der Waals surface area contributed by atoms with Gasteiger partial charge >= 0.3 is 5.97 Å². The Hall–Kier alpha value is -1.15. The van der Waals surface area contributed by atoms with Crippen molar-refractivity contribution in [2.75, 3.05) is 12.9 Å². The molecule has 1 unspecified atom stereocenters. The zero-order valence-corrected chi connectivity index (χ0v) is 10.8. The topological polar surface area (TPSA) is 95.9 Å². The summed E-state index contributed by atoms with van der Waals surface area (Å²) in [7, 11) is 1.33. The van der Waals surface area contributed by atoms with Gasteiger partial charge in [-0.1, -0.05) is 6.92 Å². The number of thioether (sulfide) groups is 1. The van der Waals surface area contributed by atoms with E-state index in [1.807, 2.05) is 0 Å². The SMILES string of the molecule is CCCn1nnnc1CSCC(N)C(=O)OC. The van der Waals surface area contributed by atoms with E-state index in [4.69, 9.17) is 5.73 Å². The molecule has 2 N–H and O–H groups in total. The van der Waals surface area contributed by atoms with Crippen LogP contribution in [0, 0.1) is 0 Å². The van der Waals surface area contributed by atoms with E-state index in [0.29, 0.717) is 11.5 Å². The molecule has 0 aliphatic carbocycles. The highest BCUT2D eigenvalue weighted by Gasteiger charge is 2.14. The smallest absolute Gasteiger partial charge is 0.323 e. The molecule has 7 nitrogen and oxygen atoms in total. The third-order valence-corrected chi connectivity index (χ3v) is 3.13. The van der Waals surface area contributed by atoms with Gasteiger partial charge < -0.3 is 10.5 Å². The molecule has 0 aliphatic heterocycles. The quantitative estimate of drug-likeness (QED) is 0.678. The van der Waals surface area contributed by atoms with Gasteiger partial charge in [0, 0.05) is 12.3 Å². The van der Waals surface area contributed by atoms with Gasteiger partial charge in [-0.2, -0.15) is 11.8 Å². The van der Waals surface area contributed by atoms with Crippen molar-refractivity contribution in [1.29, 1.82) is 0 Å². The molecule has 1 aromatic heterocycles. The van der Waals surface area contributed by atoms with Crippen LogP contribution in [-0.4, -0.2) is 45.1 Å². The highest BCUT2D eigenvalue weighted by atomic mass is 32.2. The third kappa shape index (κ3) is 4.31. The van der Waals surface area contributed by atoms with Crippen LogP contribution in [0.4, 0.5) is 0 Å². The molecule has 0 fully saturated rings. The van der Waals surface area contributed by atoms with Gasteiger partial charge in [0.2, 0.25) is 0 Å². The van der Waals surface area contributed by atoms with Crippen molar-refractivity contribution in [3.05, 3.63) is 5.82 Å². The highest BCUT2D eigenvalue weighted by Crippen LogP contribution is 2.10. The lowest BCUT2D eigenvalue weighted by Crippen LogP contribution is -2.33. The minimum Gasteiger partial charge on any atom is -0.468 e. The van der Waals surface area contributed by atoms with Crippen LogP contribution in [-0.2, 0) is 21.8 Å². The molecular weight excluding hydrogens is 242 g/mol. The summed E-state index contributed by atoms with van der Waals surface area (Å²) in [5, 5.41) is 11.4. The summed E-state index contributed by atoms with van der Waals surface area (Å²) >= 11 is 1.51. The number of ether oxygens (including phenoxy) is 1. The molecule has 1 heterocycles. The number of hydrogen-bond donors (Lipinski definition) is 1. The molecule has 0 aromatic carbocycles. The van der Waals surface area contributed by atoms with Crippen molar-refractivity contribution in [3.63, 3.8) is 0 Å². The third-order valence-electron chi connectivity index (χ3n) is 2.07. The van der Waals surface area contributed by atoms with E-state index in [1.165, 1.54) is 18.9 Å². The maximum atomic E-state index is 11.1. The zero-order chi connectivity index (χ0) is 12.7. The van der Waals surface area contributed by atoms with Crippen LogP contribution in [0.25, 0.3) is 0 Å². The predicted octanol–water partition coefficient (Wildman–Crippen LogP) is -0.183. The Morgan fingerprint density at radius 3 is 3.06 bits per heavy atom. The summed E-state index contributed by atoms with van der Waals surface area (Å²) in [6.45, 7) is 2.86. The number of esters is 1. The number of hydrogen-bond acceptors (Lipinski definition) is 7. The molecule has 0 spiro atoms. The molecule has 0 radical (unpaired) electrons. The van der Waals surface area contributed by atoms with Crippen LogP contribution in [0.5, 0.6) is 0 Å². The van der Waals surface area contributed by atoms with Crippen LogP contribution in [0.15, 0.2) is 0 Å². The van der Waals surface area contributed by atoms with Crippen LogP contribution in [0.1, 0.15) is 19.2 Å². The van der Waals surface area contributed by atoms with E-state index < -0.39 is 12.0 Å². The summed E-state index contributed by atoms with van der Waals surface area (Å²) in [5.41, 5.74) is 5.61. The first kappa shape index (κ1) is 13.9. The van der Waals surface area contributed by atoms with Crippen LogP contribution < -0.4 is 5.73 Å². The number of nitrogens with two attached hydrogens (primary N) is 1. The molecule has 0 saturated carbocycles. The van der Waals surface area contributed by atoms with Crippen molar-refractivity contribution >= 4 is 17.7 Å². The van der Waals surface area contributed by atoms with Crippen molar-refractivity contribution < 1.29 is 9.53 Å². The minimum absolute atomic E-state index is 0.398. The second-order valence-electron chi connectivity index (χ2n) is 3.46. The fourth-order valence-corrected chi connectivity index (χ4v) is 2.11. The van der Waals surface area contributed by atoms with Crippen molar-refractivity contribution in [2.45, 2.75) is 31.7 Å². The summed E-state index contributed by atoms with van der Waals surface area (Å²) < 4.78 is 6.30. The second kappa shape index (κ2) is 7.23. The fraction of sp³-hybridized carbons (Fsp3) is 0.778. The van der Waals surface area contributed by atoms with Gasteiger partial charge in [-0.15, -0.1) is 5.10 Å². The molecule has 1 aromatic rings. The van der Waals surface area contributed by atoms with E-state index in [2.05, 4.69) is 27.2 Å². The normalized spacial score (nSPS) is 12.4. The Balaban J connectivity index is 2.35. The standard InChI is InChI=1S/C9H17N5O2S/c1-3-4-14-8(11-12-13-14)6-17-5-7(10)9(15)16-2/h7H,3-6,10H2,1-2H3. The second-order valence-corrected chi connectivity index (χ2v) is 4.49. The molecule has 8 heteroatoms. The molecule has 0 bridgehead atoms. The first-order valence-electron chi connectivity index (χ1n) is 5.35. The Morgan fingerprint density at radius 1 is 1.65 bits per heavy atom. The molecule has 1 rings (SSSR count). The molecule has 96 valence electrons. The lowest BCUT2D eigenvalue weighted by Gasteiger charge is -2.08. The Bertz CT molecular complexity index is 357. The van der Waals surface area contributed by atoms with Gasteiger partial charge in [0.15, 0.2) is 5.82 Å². The molecular formula is C9H17N5O2S. The van der Waals surface area contributed by atoms with Crippen LogP contribution in [0.3, 0.4) is 0 Å². The zero-order valence-electron chi connectivity index (χ0n) is 10.00. The number of aromatic nitrogens is 4. The van der Waals surface area contributed by atoms with Gasteiger partial charge in [0.1, 0.15) is 6.04 Å². The van der Waals surface area contributed by atoms with Gasteiger partial charge in [0.05, 0.1) is 12.9 Å². The van der Waals surface area contributed by atoms with E-state index in [1.54, 1.807) is 4.68 Å². The van der Waals surface area contributed by atoms with Gasteiger partial charge in [-0.05, 0) is 16.8 Å². The summed E-state index contributed by atoms with van der Waals surface area (Å²) in [6.07, 6.45) is 0.977. The largest absolute Gasteiger partial charge is 0.468 e. The minimum atomic E-state index is -0.597. The fourth-order valence-electron chi connectivity index (χ4n) is 1.21. The average Bonchev–Trinajstić information content (AvgIpc) is 2.76. The Morgan fingerprint density at radius 2 is 2.41 bits per heavy atom. The monoisotopic (exact) mass is 259 g/mol. The number of carbonyl (C=O) groups excluding carboxylic acids is 1. The molecule has 1 atom stereocenters. The number of aryl methyl sites for hydroxylation is 1. The first-order chi connectivity index (χ1) is 8.19. The van der Waals surface area contributed by atoms with E-state index in [0.717, 1.165) is 18.8 Å². The Kier molecular flexibility index (Phi) is 5.92. The number of rotatable bonds is 7. The van der Waals surface area contributed by atoms with E-state index in [-0.39, 0.29) is 0 Å². The van der Waals surface area contributed by atoms with Crippen molar-refractivity contribution in [3.8, 4) is 0 Å². The summed E-state index contributed by atoms with van der Waals surface area (Å²) in [5.74, 6) is 1.53. The highest BCUT2D eigenvalue weighted by molar-refractivity contribution is 7.98. The lowest BCUT2D eigenvalue weighted by molar-refractivity contribution is -0.141. The van der Waals surface area contributed by atoms with E-state index >= 15 is 0 Å². The van der Waals surface area contributed by atoms with Gasteiger partial charge in [0.25, 0.3) is 0 Å². The molecule has 0 saturated heterocycles. The van der Waals surface area contributed by atoms with Gasteiger partial charge in [-0.25, -0.2) is 4.68 Å².